The number of amidine groups is 1. The Hall–Kier alpha value is -3.55. The van der Waals surface area contributed by atoms with Crippen molar-refractivity contribution in [3.8, 4) is 17.2 Å². The maximum atomic E-state index is 12.7. The Labute approximate surface area is 168 Å². The molecule has 8 heteroatoms. The van der Waals surface area contributed by atoms with Crippen molar-refractivity contribution in [2.45, 2.75) is 18.4 Å². The highest BCUT2D eigenvalue weighted by molar-refractivity contribution is 6.19. The number of aliphatic imine (C=N–C) groups is 1. The lowest BCUT2D eigenvalue weighted by atomic mass is 9.84. The molecule has 150 valence electrons. The zero-order chi connectivity index (χ0) is 20.5. The predicted octanol–water partition coefficient (Wildman–Crippen LogP) is 2.72. The number of para-hydroxylation sites is 1. The molecule has 1 saturated heterocycles. The minimum atomic E-state index is -0.439. The molecule has 29 heavy (non-hydrogen) atoms. The normalized spacial score (nSPS) is 20.7. The van der Waals surface area contributed by atoms with E-state index in [0.717, 1.165) is 11.3 Å². The first kappa shape index (κ1) is 18.8. The van der Waals surface area contributed by atoms with Crippen molar-refractivity contribution in [3.05, 3.63) is 48.0 Å². The summed E-state index contributed by atoms with van der Waals surface area (Å²) in [5, 5.41) is 2.75. The lowest BCUT2D eigenvalue weighted by Gasteiger charge is -2.35. The number of hydrogen-bond acceptors (Lipinski definition) is 5. The highest BCUT2D eigenvalue weighted by Gasteiger charge is 2.46. The van der Waals surface area contributed by atoms with Crippen molar-refractivity contribution in [3.63, 3.8) is 0 Å². The molecule has 0 aromatic heterocycles. The van der Waals surface area contributed by atoms with E-state index in [1.54, 1.807) is 4.90 Å². The lowest BCUT2D eigenvalue weighted by Crippen LogP contribution is -2.53. The molecule has 2 aromatic rings. The maximum absolute atomic E-state index is 12.7. The van der Waals surface area contributed by atoms with Gasteiger partial charge in [-0.2, -0.15) is 4.99 Å². The van der Waals surface area contributed by atoms with Crippen LogP contribution in [-0.2, 0) is 4.79 Å². The quantitative estimate of drug-likeness (QED) is 0.841. The molecular weight excluding hydrogens is 374 g/mol. The summed E-state index contributed by atoms with van der Waals surface area (Å²) in [6.45, 7) is 0. The first-order valence-electron chi connectivity index (χ1n) is 9.14. The van der Waals surface area contributed by atoms with Gasteiger partial charge in [0.1, 0.15) is 11.9 Å². The first-order chi connectivity index (χ1) is 14.1. The summed E-state index contributed by atoms with van der Waals surface area (Å²) in [5.41, 5.74) is 1.51. The largest absolute Gasteiger partial charge is 0.493 e. The summed E-state index contributed by atoms with van der Waals surface area (Å²) in [5.74, 6) is 1.28. The average molecular weight is 395 g/mol. The van der Waals surface area contributed by atoms with Gasteiger partial charge < -0.3 is 19.5 Å². The average Bonchev–Trinajstić information content (AvgIpc) is 3.07. The van der Waals surface area contributed by atoms with Crippen LogP contribution in [-0.4, -0.2) is 45.1 Å². The SMILES string of the molecule is COc1cc(C2CC(=O)NC3=NC(=O)N(c4ccccc4)C32)cc(OC)c1OC. The van der Waals surface area contributed by atoms with E-state index in [1.807, 2.05) is 42.5 Å². The number of fused-ring (bicyclic) bond motifs is 1. The number of amides is 3. The number of nitrogens with one attached hydrogen (secondary N) is 1. The molecule has 2 aliphatic rings. The molecule has 2 atom stereocenters. The summed E-state index contributed by atoms with van der Waals surface area (Å²) >= 11 is 0. The monoisotopic (exact) mass is 395 g/mol. The Bertz CT molecular complexity index is 964. The van der Waals surface area contributed by atoms with Crippen LogP contribution in [0.15, 0.2) is 47.5 Å². The molecule has 8 nitrogen and oxygen atoms in total. The zero-order valence-corrected chi connectivity index (χ0v) is 16.3. The zero-order valence-electron chi connectivity index (χ0n) is 16.3. The van der Waals surface area contributed by atoms with Gasteiger partial charge in [0.25, 0.3) is 0 Å². The molecule has 3 amide bonds. The van der Waals surface area contributed by atoms with Gasteiger partial charge in [-0.05, 0) is 29.8 Å². The number of methoxy groups -OCH3 is 3. The third-order valence-electron chi connectivity index (χ3n) is 5.18. The topological polar surface area (TPSA) is 89.5 Å². The lowest BCUT2D eigenvalue weighted by molar-refractivity contribution is -0.120. The Morgan fingerprint density at radius 3 is 2.24 bits per heavy atom. The van der Waals surface area contributed by atoms with Crippen molar-refractivity contribution in [1.82, 2.24) is 5.32 Å². The van der Waals surface area contributed by atoms with E-state index >= 15 is 0 Å². The number of hydrogen-bond donors (Lipinski definition) is 1. The van der Waals surface area contributed by atoms with Crippen molar-refractivity contribution < 1.29 is 23.8 Å². The number of anilines is 1. The van der Waals surface area contributed by atoms with Crippen LogP contribution in [0.2, 0.25) is 0 Å². The summed E-state index contributed by atoms with van der Waals surface area (Å²) in [6, 6.07) is 12.1. The van der Waals surface area contributed by atoms with Crippen LogP contribution in [0.4, 0.5) is 10.5 Å². The molecule has 1 N–H and O–H groups in total. The van der Waals surface area contributed by atoms with E-state index in [-0.39, 0.29) is 18.2 Å². The molecule has 0 bridgehead atoms. The molecule has 2 heterocycles. The number of piperidine rings is 1. The van der Waals surface area contributed by atoms with Gasteiger partial charge in [-0.15, -0.1) is 0 Å². The fraction of sp³-hybridized carbons (Fsp3) is 0.286. The van der Waals surface area contributed by atoms with Crippen LogP contribution in [0.1, 0.15) is 17.9 Å². The van der Waals surface area contributed by atoms with Gasteiger partial charge in [0.05, 0.1) is 21.3 Å². The van der Waals surface area contributed by atoms with Crippen molar-refractivity contribution in [1.29, 1.82) is 0 Å². The fourth-order valence-electron chi connectivity index (χ4n) is 3.92. The number of carbonyl (C=O) groups excluding carboxylic acids is 2. The van der Waals surface area contributed by atoms with Crippen LogP contribution in [0, 0.1) is 0 Å². The van der Waals surface area contributed by atoms with Gasteiger partial charge in [0.2, 0.25) is 11.7 Å². The van der Waals surface area contributed by atoms with Crippen LogP contribution in [0.5, 0.6) is 17.2 Å². The Morgan fingerprint density at radius 1 is 1.00 bits per heavy atom. The number of carbonyl (C=O) groups is 2. The van der Waals surface area contributed by atoms with Crippen LogP contribution in [0.3, 0.4) is 0 Å². The van der Waals surface area contributed by atoms with E-state index in [4.69, 9.17) is 14.2 Å². The second-order valence-corrected chi connectivity index (χ2v) is 6.75. The number of rotatable bonds is 5. The van der Waals surface area contributed by atoms with Crippen molar-refractivity contribution >= 4 is 23.5 Å². The minimum absolute atomic E-state index is 0.193. The third kappa shape index (κ3) is 3.16. The van der Waals surface area contributed by atoms with Crippen molar-refractivity contribution in [2.24, 2.45) is 4.99 Å². The summed E-state index contributed by atoms with van der Waals surface area (Å²) in [4.78, 5) is 30.8. The van der Waals surface area contributed by atoms with E-state index in [2.05, 4.69) is 10.3 Å². The fourth-order valence-corrected chi connectivity index (χ4v) is 3.92. The Balaban J connectivity index is 1.83. The second kappa shape index (κ2) is 7.46. The molecule has 0 aliphatic carbocycles. The maximum Gasteiger partial charge on any atom is 0.350 e. The highest BCUT2D eigenvalue weighted by Crippen LogP contribution is 2.44. The molecule has 1 fully saturated rings. The van der Waals surface area contributed by atoms with E-state index in [1.165, 1.54) is 21.3 Å². The molecule has 2 unspecified atom stereocenters. The Morgan fingerprint density at radius 2 is 1.66 bits per heavy atom. The molecule has 0 spiro atoms. The molecule has 2 aliphatic heterocycles. The number of urea groups is 1. The van der Waals surface area contributed by atoms with E-state index in [0.29, 0.717) is 23.1 Å². The third-order valence-corrected chi connectivity index (χ3v) is 5.18. The predicted molar refractivity (Wildman–Crippen MR) is 107 cm³/mol. The Kier molecular flexibility index (Phi) is 4.84. The number of benzene rings is 2. The standard InChI is InChI=1S/C21H21N3O5/c1-27-15-9-12(10-16(28-2)19(15)29-3)14-11-17(25)22-20-18(14)24(21(26)23-20)13-7-5-4-6-8-13/h4-10,14,18H,11H2,1-3H3,(H,22,23,25,26). The number of ether oxygens (including phenoxy) is 3. The molecular formula is C21H21N3O5. The van der Waals surface area contributed by atoms with Crippen LogP contribution in [0.25, 0.3) is 0 Å². The van der Waals surface area contributed by atoms with Gasteiger partial charge in [-0.25, -0.2) is 4.79 Å². The summed E-state index contributed by atoms with van der Waals surface area (Å²) in [7, 11) is 4.61. The molecule has 0 radical (unpaired) electrons. The van der Waals surface area contributed by atoms with Gasteiger partial charge in [-0.3, -0.25) is 9.69 Å². The first-order valence-corrected chi connectivity index (χ1v) is 9.14. The van der Waals surface area contributed by atoms with Gasteiger partial charge >= 0.3 is 6.03 Å². The van der Waals surface area contributed by atoms with Gasteiger partial charge in [0.15, 0.2) is 11.5 Å². The van der Waals surface area contributed by atoms with Gasteiger partial charge in [0, 0.05) is 18.0 Å². The molecule has 4 rings (SSSR count). The smallest absolute Gasteiger partial charge is 0.350 e. The highest BCUT2D eigenvalue weighted by atomic mass is 16.5. The second-order valence-electron chi connectivity index (χ2n) is 6.75. The molecule has 2 aromatic carbocycles. The van der Waals surface area contributed by atoms with E-state index in [9.17, 15) is 9.59 Å². The van der Waals surface area contributed by atoms with E-state index < -0.39 is 12.1 Å². The summed E-state index contributed by atoms with van der Waals surface area (Å²) in [6.07, 6.45) is 0.193. The van der Waals surface area contributed by atoms with Crippen molar-refractivity contribution in [2.75, 3.05) is 26.2 Å². The van der Waals surface area contributed by atoms with Gasteiger partial charge in [-0.1, -0.05) is 18.2 Å². The summed E-state index contributed by atoms with van der Waals surface area (Å²) < 4.78 is 16.3. The minimum Gasteiger partial charge on any atom is -0.493 e. The van der Waals surface area contributed by atoms with Crippen LogP contribution >= 0.6 is 0 Å². The number of nitrogens with zero attached hydrogens (tertiary/aromatic N) is 2. The van der Waals surface area contributed by atoms with Crippen LogP contribution < -0.4 is 24.4 Å². The molecule has 0 saturated carbocycles.